The van der Waals surface area contributed by atoms with Crippen LogP contribution < -0.4 is 11.1 Å². The lowest BCUT2D eigenvalue weighted by molar-refractivity contribution is -0.142. The first kappa shape index (κ1) is 16.8. The first-order valence-electron chi connectivity index (χ1n) is 6.64. The number of aliphatic carboxylic acids is 1. The van der Waals surface area contributed by atoms with Gasteiger partial charge in [0.05, 0.1) is 6.04 Å². The van der Waals surface area contributed by atoms with Crippen LogP contribution in [0.25, 0.3) is 0 Å². The van der Waals surface area contributed by atoms with Crippen LogP contribution in [-0.2, 0) is 16.0 Å². The zero-order valence-electron chi connectivity index (χ0n) is 11.7. The molecule has 1 aromatic carbocycles. The Bertz CT molecular complexity index is 518. The lowest BCUT2D eigenvalue weighted by atomic mass is 10.0. The Morgan fingerprint density at radius 2 is 1.95 bits per heavy atom. The van der Waals surface area contributed by atoms with E-state index in [9.17, 15) is 19.8 Å². The molecule has 7 heteroatoms. The normalized spacial score (nSPS) is 13.4. The Balaban J connectivity index is 2.76. The number of hydrogen-bond donors (Lipinski definition) is 5. The van der Waals surface area contributed by atoms with Crippen LogP contribution in [0, 0.1) is 0 Å². The second-order valence-electron chi connectivity index (χ2n) is 4.82. The van der Waals surface area contributed by atoms with E-state index >= 15 is 0 Å². The second kappa shape index (κ2) is 7.49. The molecule has 2 atom stereocenters. The van der Waals surface area contributed by atoms with Crippen molar-refractivity contribution in [2.75, 3.05) is 0 Å². The van der Waals surface area contributed by atoms with Gasteiger partial charge in [-0.15, -0.1) is 0 Å². The van der Waals surface area contributed by atoms with Gasteiger partial charge in [-0.1, -0.05) is 19.4 Å². The van der Waals surface area contributed by atoms with E-state index in [0.717, 1.165) is 6.42 Å². The molecule has 1 amide bonds. The van der Waals surface area contributed by atoms with Gasteiger partial charge < -0.3 is 26.4 Å². The van der Waals surface area contributed by atoms with E-state index in [1.165, 1.54) is 18.2 Å². The fraction of sp³-hybridized carbons (Fsp3) is 0.429. The highest BCUT2D eigenvalue weighted by molar-refractivity contribution is 5.86. The molecule has 0 fully saturated rings. The smallest absolute Gasteiger partial charge is 0.326 e. The molecule has 21 heavy (non-hydrogen) atoms. The van der Waals surface area contributed by atoms with Gasteiger partial charge in [0.2, 0.25) is 5.91 Å². The molecule has 0 heterocycles. The van der Waals surface area contributed by atoms with Gasteiger partial charge in [0.25, 0.3) is 0 Å². The largest absolute Gasteiger partial charge is 0.504 e. The summed E-state index contributed by atoms with van der Waals surface area (Å²) in [7, 11) is 0. The van der Waals surface area contributed by atoms with Crippen molar-refractivity contribution in [3.8, 4) is 11.5 Å². The van der Waals surface area contributed by atoms with E-state index in [1.54, 1.807) is 0 Å². The number of nitrogens with one attached hydrogen (secondary N) is 1. The number of carboxylic acid groups (broad SMARTS) is 1. The number of amides is 1. The van der Waals surface area contributed by atoms with E-state index in [1.807, 2.05) is 6.92 Å². The fourth-order valence-corrected chi connectivity index (χ4v) is 1.85. The number of hydrogen-bond acceptors (Lipinski definition) is 5. The topological polar surface area (TPSA) is 133 Å². The summed E-state index contributed by atoms with van der Waals surface area (Å²) in [6, 6.07) is 2.09. The van der Waals surface area contributed by atoms with E-state index < -0.39 is 24.0 Å². The molecule has 0 bridgehead atoms. The van der Waals surface area contributed by atoms with E-state index in [2.05, 4.69) is 5.32 Å². The summed E-state index contributed by atoms with van der Waals surface area (Å²) in [5, 5.41) is 30.1. The third-order valence-corrected chi connectivity index (χ3v) is 3.03. The van der Waals surface area contributed by atoms with Crippen molar-refractivity contribution in [1.29, 1.82) is 0 Å². The molecule has 0 aliphatic rings. The molecule has 0 aliphatic carbocycles. The molecule has 0 saturated carbocycles. The highest BCUT2D eigenvalue weighted by Gasteiger charge is 2.23. The lowest BCUT2D eigenvalue weighted by Crippen LogP contribution is -2.49. The van der Waals surface area contributed by atoms with E-state index in [-0.39, 0.29) is 17.9 Å². The summed E-state index contributed by atoms with van der Waals surface area (Å²) in [6.45, 7) is 1.88. The molecule has 1 rings (SSSR count). The van der Waals surface area contributed by atoms with Crippen LogP contribution in [0.2, 0.25) is 0 Å². The number of aromatic hydroxyl groups is 2. The predicted molar refractivity (Wildman–Crippen MR) is 75.9 cm³/mol. The quantitative estimate of drug-likeness (QED) is 0.461. The number of phenolic OH excluding ortho intramolecular Hbond substituents is 2. The molecular weight excluding hydrogens is 276 g/mol. The van der Waals surface area contributed by atoms with Crippen LogP contribution in [0.15, 0.2) is 18.2 Å². The highest BCUT2D eigenvalue weighted by Crippen LogP contribution is 2.25. The van der Waals surface area contributed by atoms with Crippen molar-refractivity contribution in [2.45, 2.75) is 38.3 Å². The first-order chi connectivity index (χ1) is 9.85. The number of phenols is 2. The Morgan fingerprint density at radius 3 is 2.48 bits per heavy atom. The van der Waals surface area contributed by atoms with Crippen LogP contribution in [-0.4, -0.2) is 39.3 Å². The van der Waals surface area contributed by atoms with Crippen LogP contribution >= 0.6 is 0 Å². The molecule has 0 saturated heterocycles. The lowest BCUT2D eigenvalue weighted by Gasteiger charge is -2.17. The maximum Gasteiger partial charge on any atom is 0.326 e. The van der Waals surface area contributed by atoms with Gasteiger partial charge in [0, 0.05) is 6.42 Å². The van der Waals surface area contributed by atoms with Gasteiger partial charge in [-0.3, -0.25) is 4.79 Å². The highest BCUT2D eigenvalue weighted by atomic mass is 16.4. The number of carbonyl (C=O) groups excluding carboxylic acids is 1. The zero-order valence-corrected chi connectivity index (χ0v) is 11.7. The second-order valence-corrected chi connectivity index (χ2v) is 4.82. The summed E-state index contributed by atoms with van der Waals surface area (Å²) in [4.78, 5) is 23.0. The van der Waals surface area contributed by atoms with E-state index in [4.69, 9.17) is 10.8 Å². The minimum absolute atomic E-state index is 0.0201. The third-order valence-electron chi connectivity index (χ3n) is 3.03. The summed E-state index contributed by atoms with van der Waals surface area (Å²) in [5.41, 5.74) is 6.11. The summed E-state index contributed by atoms with van der Waals surface area (Å²) in [5.74, 6) is -2.35. The summed E-state index contributed by atoms with van der Waals surface area (Å²) < 4.78 is 0. The first-order valence-corrected chi connectivity index (χ1v) is 6.64. The molecule has 6 N–H and O–H groups in total. The SMILES string of the molecule is CCC[C@H](N)C(=O)NC(Cc1ccc(O)c(O)c1)C(=O)O. The van der Waals surface area contributed by atoms with Gasteiger partial charge in [0.15, 0.2) is 11.5 Å². The minimum atomic E-state index is -1.19. The molecule has 7 nitrogen and oxygen atoms in total. The van der Waals surface area contributed by atoms with Crippen molar-refractivity contribution in [2.24, 2.45) is 5.73 Å². The number of rotatable bonds is 7. The molecule has 0 aromatic heterocycles. The zero-order chi connectivity index (χ0) is 16.0. The average molecular weight is 296 g/mol. The van der Waals surface area contributed by atoms with Crippen molar-refractivity contribution >= 4 is 11.9 Å². The van der Waals surface area contributed by atoms with Gasteiger partial charge in [-0.25, -0.2) is 4.79 Å². The van der Waals surface area contributed by atoms with Crippen LogP contribution in [0.4, 0.5) is 0 Å². The molecule has 0 aliphatic heterocycles. The number of benzene rings is 1. The Labute approximate surface area is 122 Å². The standard InChI is InChI=1S/C14H20N2O5/c1-2-3-9(15)13(19)16-10(14(20)21)6-8-4-5-11(17)12(18)7-8/h4-5,7,9-10,17-18H,2-3,6,15H2,1H3,(H,16,19)(H,20,21)/t9-,10?/m0/s1. The van der Waals surface area contributed by atoms with Gasteiger partial charge >= 0.3 is 5.97 Å². The third kappa shape index (κ3) is 4.96. The van der Waals surface area contributed by atoms with Crippen LogP contribution in [0.1, 0.15) is 25.3 Å². The van der Waals surface area contributed by atoms with Crippen molar-refractivity contribution < 1.29 is 24.9 Å². The van der Waals surface area contributed by atoms with Gasteiger partial charge in [-0.05, 0) is 24.1 Å². The van der Waals surface area contributed by atoms with Crippen molar-refractivity contribution in [3.05, 3.63) is 23.8 Å². The van der Waals surface area contributed by atoms with Crippen molar-refractivity contribution in [3.63, 3.8) is 0 Å². The summed E-state index contributed by atoms with van der Waals surface area (Å²) in [6.07, 6.45) is 1.17. The minimum Gasteiger partial charge on any atom is -0.504 e. The summed E-state index contributed by atoms with van der Waals surface area (Å²) >= 11 is 0. The maximum absolute atomic E-state index is 11.8. The molecule has 1 unspecified atom stereocenters. The van der Waals surface area contributed by atoms with Gasteiger partial charge in [-0.2, -0.15) is 0 Å². The fourth-order valence-electron chi connectivity index (χ4n) is 1.85. The molecular formula is C14H20N2O5. The van der Waals surface area contributed by atoms with Crippen molar-refractivity contribution in [1.82, 2.24) is 5.32 Å². The van der Waals surface area contributed by atoms with Crippen LogP contribution in [0.3, 0.4) is 0 Å². The van der Waals surface area contributed by atoms with Crippen LogP contribution in [0.5, 0.6) is 11.5 Å². The predicted octanol–water partition coefficient (Wildman–Crippen LogP) is 0.337. The maximum atomic E-state index is 11.8. The number of carbonyl (C=O) groups is 2. The monoisotopic (exact) mass is 296 g/mol. The van der Waals surface area contributed by atoms with E-state index in [0.29, 0.717) is 12.0 Å². The number of nitrogens with two attached hydrogens (primary N) is 1. The Kier molecular flexibility index (Phi) is 5.98. The molecule has 0 radical (unpaired) electrons. The Hall–Kier alpha value is -2.28. The molecule has 1 aromatic rings. The number of carboxylic acids is 1. The Morgan fingerprint density at radius 1 is 1.29 bits per heavy atom. The van der Waals surface area contributed by atoms with Gasteiger partial charge in [0.1, 0.15) is 6.04 Å². The average Bonchev–Trinajstić information content (AvgIpc) is 2.42. The molecule has 116 valence electrons. The molecule has 0 spiro atoms.